The van der Waals surface area contributed by atoms with E-state index >= 15 is 0 Å². The fraction of sp³-hybridized carbons (Fsp3) is 0.292. The average molecular weight is 450 g/mol. The lowest BCUT2D eigenvalue weighted by atomic mass is 10.1. The lowest BCUT2D eigenvalue weighted by Crippen LogP contribution is -2.38. The molecule has 0 aliphatic carbocycles. The molecule has 0 radical (unpaired) electrons. The minimum absolute atomic E-state index is 0.00222. The van der Waals surface area contributed by atoms with Gasteiger partial charge in [0.05, 0.1) is 11.3 Å². The van der Waals surface area contributed by atoms with Gasteiger partial charge in [0, 0.05) is 33.7 Å². The molecule has 0 bridgehead atoms. The van der Waals surface area contributed by atoms with E-state index in [4.69, 9.17) is 0 Å². The number of para-hydroxylation sites is 1. The highest BCUT2D eigenvalue weighted by atomic mass is 16.3. The van der Waals surface area contributed by atoms with Crippen molar-refractivity contribution in [1.29, 1.82) is 0 Å². The van der Waals surface area contributed by atoms with Crippen molar-refractivity contribution in [3.8, 4) is 5.75 Å². The Labute approximate surface area is 190 Å². The van der Waals surface area contributed by atoms with Crippen molar-refractivity contribution in [3.05, 3.63) is 80.4 Å². The number of nitrogens with zero attached hydrogens (tertiary/aromatic N) is 3. The molecule has 2 heterocycles. The maximum Gasteiger partial charge on any atom is 0.290 e. The Hall–Kier alpha value is -4.01. The van der Waals surface area contributed by atoms with E-state index in [0.29, 0.717) is 19.6 Å². The second kappa shape index (κ2) is 9.23. The number of hydrogen-bond acceptors (Lipinski definition) is 6. The van der Waals surface area contributed by atoms with E-state index in [0.717, 1.165) is 18.4 Å². The van der Waals surface area contributed by atoms with Crippen molar-refractivity contribution in [1.82, 2.24) is 14.3 Å². The summed E-state index contributed by atoms with van der Waals surface area (Å²) >= 11 is 0. The summed E-state index contributed by atoms with van der Waals surface area (Å²) in [4.78, 5) is 40.6. The third kappa shape index (κ3) is 4.34. The highest BCUT2D eigenvalue weighted by Crippen LogP contribution is 2.32. The highest BCUT2D eigenvalue weighted by molar-refractivity contribution is 5.99. The molecule has 1 aliphatic rings. The van der Waals surface area contributed by atoms with Crippen LogP contribution in [0.4, 0.5) is 17.1 Å². The number of rotatable bonds is 6. The zero-order valence-corrected chi connectivity index (χ0v) is 18.7. The molecule has 1 aromatic heterocycles. The molecule has 9 nitrogen and oxygen atoms in total. The summed E-state index contributed by atoms with van der Waals surface area (Å²) in [5, 5.41) is 16.8. The molecule has 1 saturated heterocycles. The first-order valence-electron chi connectivity index (χ1n) is 10.8. The summed E-state index contributed by atoms with van der Waals surface area (Å²) < 4.78 is 2.41. The molecule has 2 aromatic carbocycles. The van der Waals surface area contributed by atoms with Gasteiger partial charge in [-0.2, -0.15) is 0 Å². The van der Waals surface area contributed by atoms with Crippen molar-refractivity contribution < 1.29 is 9.90 Å². The van der Waals surface area contributed by atoms with Crippen LogP contribution in [0, 0.1) is 0 Å². The molecule has 3 aromatic rings. The van der Waals surface area contributed by atoms with Crippen LogP contribution < -0.4 is 21.8 Å². The van der Waals surface area contributed by atoms with Crippen LogP contribution in [-0.2, 0) is 20.6 Å². The minimum Gasteiger partial charge on any atom is -0.505 e. The molecule has 4 rings (SSSR count). The number of aromatic hydroxyl groups is 1. The van der Waals surface area contributed by atoms with Crippen LogP contribution in [0.2, 0.25) is 0 Å². The minimum atomic E-state index is -0.455. The summed E-state index contributed by atoms with van der Waals surface area (Å²) in [7, 11) is 3.00. The number of carbonyl (C=O) groups is 1. The smallest absolute Gasteiger partial charge is 0.290 e. The maximum absolute atomic E-state index is 13.1. The predicted octanol–water partition coefficient (Wildman–Crippen LogP) is 2.38. The van der Waals surface area contributed by atoms with E-state index in [-0.39, 0.29) is 34.3 Å². The number of anilines is 3. The van der Waals surface area contributed by atoms with Gasteiger partial charge in [-0.15, -0.1) is 0 Å². The SMILES string of the molecule is Cn1c(=O)c(NCc2ccccc2)c(Nc2cccc(C(=O)N3CCCC3)c2O)c(=O)n1C. The summed E-state index contributed by atoms with van der Waals surface area (Å²) in [6.45, 7) is 1.63. The molecule has 172 valence electrons. The summed E-state index contributed by atoms with van der Waals surface area (Å²) in [5.41, 5.74) is 0.488. The maximum atomic E-state index is 13.1. The number of carbonyl (C=O) groups excluding carboxylic acids is 1. The average Bonchev–Trinajstić information content (AvgIpc) is 3.37. The monoisotopic (exact) mass is 449 g/mol. The number of aromatic nitrogens is 2. The molecular formula is C24H27N5O4. The molecule has 9 heteroatoms. The van der Waals surface area contributed by atoms with Gasteiger partial charge in [-0.25, -0.2) is 9.36 Å². The Morgan fingerprint density at radius 2 is 1.55 bits per heavy atom. The van der Waals surface area contributed by atoms with E-state index in [1.165, 1.54) is 23.5 Å². The van der Waals surface area contributed by atoms with Crippen molar-refractivity contribution >= 4 is 23.0 Å². The summed E-state index contributed by atoms with van der Waals surface area (Å²) in [6, 6.07) is 14.2. The fourth-order valence-electron chi connectivity index (χ4n) is 3.92. The van der Waals surface area contributed by atoms with Gasteiger partial charge in [0.15, 0.2) is 5.75 Å². The van der Waals surface area contributed by atoms with Crippen LogP contribution in [0.15, 0.2) is 58.1 Å². The molecular weight excluding hydrogens is 422 g/mol. The van der Waals surface area contributed by atoms with E-state index < -0.39 is 11.1 Å². The van der Waals surface area contributed by atoms with E-state index in [2.05, 4.69) is 10.6 Å². The number of phenolic OH excluding ortho intramolecular Hbond substituents is 1. The molecule has 1 amide bonds. The Morgan fingerprint density at radius 3 is 2.21 bits per heavy atom. The van der Waals surface area contributed by atoms with Crippen molar-refractivity contribution in [2.24, 2.45) is 14.1 Å². The number of phenols is 1. The standard InChI is InChI=1S/C24H27N5O4/c1-27-23(32)19(25-15-16-9-4-3-5-10-16)20(24(33)28(27)2)26-18-12-8-11-17(21(18)30)22(31)29-13-6-7-14-29/h3-5,8-12,25-26,30H,6-7,13-15H2,1-2H3. The lowest BCUT2D eigenvalue weighted by molar-refractivity contribution is 0.0790. The second-order valence-corrected chi connectivity index (χ2v) is 8.07. The molecule has 0 unspecified atom stereocenters. The fourth-order valence-corrected chi connectivity index (χ4v) is 3.92. The predicted molar refractivity (Wildman–Crippen MR) is 127 cm³/mol. The second-order valence-electron chi connectivity index (χ2n) is 8.07. The quantitative estimate of drug-likeness (QED) is 0.499. The van der Waals surface area contributed by atoms with Gasteiger partial charge in [-0.3, -0.25) is 14.4 Å². The van der Waals surface area contributed by atoms with Crippen LogP contribution in [0.5, 0.6) is 5.75 Å². The first-order valence-corrected chi connectivity index (χ1v) is 10.8. The van der Waals surface area contributed by atoms with Crippen LogP contribution in [0.1, 0.15) is 28.8 Å². The van der Waals surface area contributed by atoms with Gasteiger partial charge in [-0.05, 0) is 30.5 Å². The Kier molecular flexibility index (Phi) is 6.21. The Balaban J connectivity index is 1.72. The van der Waals surface area contributed by atoms with Crippen LogP contribution >= 0.6 is 0 Å². The van der Waals surface area contributed by atoms with Crippen LogP contribution in [0.3, 0.4) is 0 Å². The lowest BCUT2D eigenvalue weighted by Gasteiger charge is -2.19. The Morgan fingerprint density at radius 1 is 0.909 bits per heavy atom. The summed E-state index contributed by atoms with van der Waals surface area (Å²) in [6.07, 6.45) is 1.87. The number of amides is 1. The topological polar surface area (TPSA) is 109 Å². The Bertz CT molecular complexity index is 1290. The zero-order valence-electron chi connectivity index (χ0n) is 18.7. The summed E-state index contributed by atoms with van der Waals surface area (Å²) in [5.74, 6) is -0.515. The highest BCUT2D eigenvalue weighted by Gasteiger charge is 2.24. The normalized spacial score (nSPS) is 13.2. The molecule has 0 atom stereocenters. The molecule has 0 saturated carbocycles. The zero-order chi connectivity index (χ0) is 23.5. The van der Waals surface area contributed by atoms with E-state index in [9.17, 15) is 19.5 Å². The number of nitrogens with one attached hydrogen (secondary N) is 2. The van der Waals surface area contributed by atoms with Gasteiger partial charge >= 0.3 is 0 Å². The molecule has 1 aliphatic heterocycles. The third-order valence-electron chi connectivity index (χ3n) is 5.95. The van der Waals surface area contributed by atoms with Gasteiger partial charge in [0.2, 0.25) is 0 Å². The van der Waals surface area contributed by atoms with Gasteiger partial charge in [0.25, 0.3) is 17.0 Å². The number of likely N-dealkylation sites (tertiary alicyclic amines) is 1. The van der Waals surface area contributed by atoms with E-state index in [1.807, 2.05) is 30.3 Å². The van der Waals surface area contributed by atoms with Crippen LogP contribution in [-0.4, -0.2) is 38.4 Å². The van der Waals surface area contributed by atoms with E-state index in [1.54, 1.807) is 23.1 Å². The van der Waals surface area contributed by atoms with Crippen molar-refractivity contribution in [3.63, 3.8) is 0 Å². The first-order chi connectivity index (χ1) is 15.9. The molecule has 0 spiro atoms. The van der Waals surface area contributed by atoms with Crippen molar-refractivity contribution in [2.45, 2.75) is 19.4 Å². The third-order valence-corrected chi connectivity index (χ3v) is 5.95. The molecule has 33 heavy (non-hydrogen) atoms. The van der Waals surface area contributed by atoms with Crippen molar-refractivity contribution in [2.75, 3.05) is 23.7 Å². The molecule has 1 fully saturated rings. The van der Waals surface area contributed by atoms with Gasteiger partial charge in [-0.1, -0.05) is 36.4 Å². The largest absolute Gasteiger partial charge is 0.505 e. The van der Waals surface area contributed by atoms with Gasteiger partial charge < -0.3 is 20.6 Å². The first kappa shape index (κ1) is 22.2. The van der Waals surface area contributed by atoms with Gasteiger partial charge in [0.1, 0.15) is 11.4 Å². The number of hydrogen-bond donors (Lipinski definition) is 3. The van der Waals surface area contributed by atoms with Crippen LogP contribution in [0.25, 0.3) is 0 Å². The number of benzene rings is 2. The molecule has 3 N–H and O–H groups in total.